The van der Waals surface area contributed by atoms with Gasteiger partial charge in [-0.05, 0) is 24.6 Å². The number of aryl methyl sites for hydroxylation is 1. The predicted octanol–water partition coefficient (Wildman–Crippen LogP) is 2.96. The summed E-state index contributed by atoms with van der Waals surface area (Å²) in [5.41, 5.74) is 0.457. The number of halogens is 3. The van der Waals surface area contributed by atoms with E-state index in [-0.39, 0.29) is 0 Å². The quantitative estimate of drug-likeness (QED) is 0.670. The van der Waals surface area contributed by atoms with E-state index in [0.717, 1.165) is 11.6 Å². The van der Waals surface area contributed by atoms with E-state index in [2.05, 4.69) is 10.2 Å². The molecule has 0 bridgehead atoms. The standard InChI is InChI=1S/C10H7F3N2/c1-6-2-3-7-5-9(10(11,12)13)15-14-8(7)4-6/h2-5H,1H3. The Bertz CT molecular complexity index is 505. The first kappa shape index (κ1) is 9.89. The molecular formula is C10H7F3N2. The third-order valence-corrected chi connectivity index (χ3v) is 2.03. The molecule has 0 saturated carbocycles. The van der Waals surface area contributed by atoms with Gasteiger partial charge in [0.1, 0.15) is 0 Å². The second-order valence-corrected chi connectivity index (χ2v) is 3.29. The molecule has 1 heterocycles. The fraction of sp³-hybridized carbons (Fsp3) is 0.200. The van der Waals surface area contributed by atoms with E-state index in [0.29, 0.717) is 10.9 Å². The van der Waals surface area contributed by atoms with Crippen molar-refractivity contribution in [3.63, 3.8) is 0 Å². The molecule has 0 N–H and O–H groups in total. The third-order valence-electron chi connectivity index (χ3n) is 2.03. The number of aromatic nitrogens is 2. The molecule has 2 rings (SSSR count). The zero-order chi connectivity index (χ0) is 11.1. The summed E-state index contributed by atoms with van der Waals surface area (Å²) in [6.45, 7) is 1.85. The second kappa shape index (κ2) is 3.18. The molecule has 0 radical (unpaired) electrons. The maximum atomic E-state index is 12.3. The van der Waals surface area contributed by atoms with E-state index >= 15 is 0 Å². The van der Waals surface area contributed by atoms with Crippen molar-refractivity contribution in [3.8, 4) is 0 Å². The van der Waals surface area contributed by atoms with Crippen molar-refractivity contribution in [1.82, 2.24) is 10.2 Å². The Kier molecular flexibility index (Phi) is 2.10. The maximum Gasteiger partial charge on any atom is 0.435 e. The molecule has 0 amide bonds. The van der Waals surface area contributed by atoms with E-state index in [9.17, 15) is 13.2 Å². The van der Waals surface area contributed by atoms with Gasteiger partial charge in [0.15, 0.2) is 5.69 Å². The van der Waals surface area contributed by atoms with Crippen molar-refractivity contribution < 1.29 is 13.2 Å². The molecule has 0 saturated heterocycles. The van der Waals surface area contributed by atoms with Gasteiger partial charge < -0.3 is 0 Å². The molecule has 78 valence electrons. The van der Waals surface area contributed by atoms with Gasteiger partial charge in [-0.3, -0.25) is 0 Å². The number of fused-ring (bicyclic) bond motifs is 1. The minimum atomic E-state index is -4.44. The van der Waals surface area contributed by atoms with E-state index in [1.807, 2.05) is 6.92 Å². The van der Waals surface area contributed by atoms with Crippen LogP contribution in [0, 0.1) is 6.92 Å². The average molecular weight is 212 g/mol. The van der Waals surface area contributed by atoms with Crippen molar-refractivity contribution in [3.05, 3.63) is 35.5 Å². The van der Waals surface area contributed by atoms with E-state index in [1.54, 1.807) is 18.2 Å². The number of alkyl halides is 3. The summed E-state index contributed by atoms with van der Waals surface area (Å²) < 4.78 is 36.9. The van der Waals surface area contributed by atoms with Crippen LogP contribution in [0.25, 0.3) is 10.9 Å². The van der Waals surface area contributed by atoms with Gasteiger partial charge in [-0.1, -0.05) is 12.1 Å². The third kappa shape index (κ3) is 1.91. The Morgan fingerprint density at radius 1 is 1.07 bits per heavy atom. The molecule has 0 spiro atoms. The molecule has 0 atom stereocenters. The van der Waals surface area contributed by atoms with Crippen molar-refractivity contribution in [1.29, 1.82) is 0 Å². The number of hydrogen-bond donors (Lipinski definition) is 0. The first-order valence-electron chi connectivity index (χ1n) is 4.28. The predicted molar refractivity (Wildman–Crippen MR) is 49.3 cm³/mol. The average Bonchev–Trinajstić information content (AvgIpc) is 2.15. The molecule has 0 unspecified atom stereocenters. The summed E-state index contributed by atoms with van der Waals surface area (Å²) in [4.78, 5) is 0. The van der Waals surface area contributed by atoms with Crippen LogP contribution in [0.3, 0.4) is 0 Å². The van der Waals surface area contributed by atoms with Crippen LogP contribution >= 0.6 is 0 Å². The molecule has 0 aliphatic carbocycles. The lowest BCUT2D eigenvalue weighted by Crippen LogP contribution is -2.08. The smallest absolute Gasteiger partial charge is 0.164 e. The molecule has 0 aliphatic rings. The monoisotopic (exact) mass is 212 g/mol. The fourth-order valence-corrected chi connectivity index (χ4v) is 1.28. The van der Waals surface area contributed by atoms with E-state index in [4.69, 9.17) is 0 Å². The fourth-order valence-electron chi connectivity index (χ4n) is 1.28. The highest BCUT2D eigenvalue weighted by molar-refractivity contribution is 5.78. The van der Waals surface area contributed by atoms with Gasteiger partial charge >= 0.3 is 6.18 Å². The highest BCUT2D eigenvalue weighted by atomic mass is 19.4. The van der Waals surface area contributed by atoms with Crippen LogP contribution in [0.15, 0.2) is 24.3 Å². The van der Waals surface area contributed by atoms with Crippen LogP contribution in [-0.4, -0.2) is 10.2 Å². The van der Waals surface area contributed by atoms with Crippen molar-refractivity contribution in [2.45, 2.75) is 13.1 Å². The van der Waals surface area contributed by atoms with E-state index < -0.39 is 11.9 Å². The first-order chi connectivity index (χ1) is 6.97. The van der Waals surface area contributed by atoms with Gasteiger partial charge in [0.25, 0.3) is 0 Å². The summed E-state index contributed by atoms with van der Waals surface area (Å²) in [5.74, 6) is 0. The maximum absolute atomic E-state index is 12.3. The van der Waals surface area contributed by atoms with Crippen molar-refractivity contribution >= 4 is 10.9 Å². The Hall–Kier alpha value is -1.65. The van der Waals surface area contributed by atoms with Crippen LogP contribution in [0.1, 0.15) is 11.3 Å². The molecule has 0 fully saturated rings. The minimum absolute atomic E-state index is 0.447. The summed E-state index contributed by atoms with van der Waals surface area (Å²) in [7, 11) is 0. The second-order valence-electron chi connectivity index (χ2n) is 3.29. The van der Waals surface area contributed by atoms with Gasteiger partial charge in [0.2, 0.25) is 0 Å². The minimum Gasteiger partial charge on any atom is -0.164 e. The van der Waals surface area contributed by atoms with Gasteiger partial charge in [-0.15, -0.1) is 10.2 Å². The van der Waals surface area contributed by atoms with Gasteiger partial charge in [0.05, 0.1) is 5.52 Å². The van der Waals surface area contributed by atoms with Crippen LogP contribution in [0.5, 0.6) is 0 Å². The molecule has 2 nitrogen and oxygen atoms in total. The molecule has 2 aromatic rings. The Labute approximate surface area is 83.7 Å². The number of benzene rings is 1. The van der Waals surface area contributed by atoms with Gasteiger partial charge in [-0.25, -0.2) is 0 Å². The largest absolute Gasteiger partial charge is 0.435 e. The number of rotatable bonds is 0. The summed E-state index contributed by atoms with van der Waals surface area (Å²) in [6.07, 6.45) is -4.44. The molecule has 1 aromatic heterocycles. The Morgan fingerprint density at radius 3 is 2.47 bits per heavy atom. The van der Waals surface area contributed by atoms with Crippen molar-refractivity contribution in [2.75, 3.05) is 0 Å². The van der Waals surface area contributed by atoms with Crippen LogP contribution in [0.2, 0.25) is 0 Å². The lowest BCUT2D eigenvalue weighted by molar-refractivity contribution is -0.141. The zero-order valence-corrected chi connectivity index (χ0v) is 7.84. The molecule has 0 aliphatic heterocycles. The van der Waals surface area contributed by atoms with Crippen LogP contribution in [0.4, 0.5) is 13.2 Å². The molecular weight excluding hydrogens is 205 g/mol. The molecule has 5 heteroatoms. The number of hydrogen-bond acceptors (Lipinski definition) is 2. The highest BCUT2D eigenvalue weighted by Crippen LogP contribution is 2.28. The lowest BCUT2D eigenvalue weighted by atomic mass is 10.1. The normalized spacial score (nSPS) is 12.0. The van der Waals surface area contributed by atoms with Crippen LogP contribution < -0.4 is 0 Å². The van der Waals surface area contributed by atoms with E-state index in [1.165, 1.54) is 0 Å². The molecule has 15 heavy (non-hydrogen) atoms. The number of nitrogens with zero attached hydrogens (tertiary/aromatic N) is 2. The summed E-state index contributed by atoms with van der Waals surface area (Å²) in [5, 5.41) is 7.13. The van der Waals surface area contributed by atoms with Gasteiger partial charge in [-0.2, -0.15) is 13.2 Å². The summed E-state index contributed by atoms with van der Waals surface area (Å²) >= 11 is 0. The Balaban J connectivity index is 2.62. The molecule has 1 aromatic carbocycles. The van der Waals surface area contributed by atoms with Crippen LogP contribution in [-0.2, 0) is 6.18 Å². The Morgan fingerprint density at radius 2 is 1.80 bits per heavy atom. The SMILES string of the molecule is Cc1ccc2cc(C(F)(F)F)nnc2c1. The topological polar surface area (TPSA) is 25.8 Å². The zero-order valence-electron chi connectivity index (χ0n) is 7.84. The summed E-state index contributed by atoms with van der Waals surface area (Å²) in [6, 6.07) is 6.04. The highest BCUT2D eigenvalue weighted by Gasteiger charge is 2.33. The van der Waals surface area contributed by atoms with Crippen molar-refractivity contribution in [2.24, 2.45) is 0 Å². The lowest BCUT2D eigenvalue weighted by Gasteiger charge is -2.05. The van der Waals surface area contributed by atoms with Gasteiger partial charge in [0, 0.05) is 5.39 Å². The first-order valence-corrected chi connectivity index (χ1v) is 4.28.